The van der Waals surface area contributed by atoms with Gasteiger partial charge in [-0.3, -0.25) is 14.9 Å². The van der Waals surface area contributed by atoms with E-state index in [1.54, 1.807) is 13.0 Å². The number of hydrogen-bond acceptors (Lipinski definition) is 5. The van der Waals surface area contributed by atoms with E-state index < -0.39 is 10.5 Å². The molecule has 0 bridgehead atoms. The third kappa shape index (κ3) is 2.94. The normalized spacial score (nSPS) is 17.5. The summed E-state index contributed by atoms with van der Waals surface area (Å²) in [6.07, 6.45) is 0.875. The van der Waals surface area contributed by atoms with Crippen molar-refractivity contribution < 1.29 is 14.5 Å². The molecular formula is C13H17N3O4. The van der Waals surface area contributed by atoms with Gasteiger partial charge in [-0.1, -0.05) is 6.07 Å². The first-order valence-electron chi connectivity index (χ1n) is 6.35. The molecule has 0 radical (unpaired) electrons. The van der Waals surface area contributed by atoms with Gasteiger partial charge in [-0.05, 0) is 25.3 Å². The lowest BCUT2D eigenvalue weighted by molar-refractivity contribution is -0.384. The van der Waals surface area contributed by atoms with E-state index in [-0.39, 0.29) is 11.6 Å². The molecule has 1 aliphatic heterocycles. The van der Waals surface area contributed by atoms with Crippen molar-refractivity contribution in [3.63, 3.8) is 0 Å². The molecule has 1 heterocycles. The summed E-state index contributed by atoms with van der Waals surface area (Å²) < 4.78 is 5.19. The molecule has 1 amide bonds. The van der Waals surface area contributed by atoms with Crippen molar-refractivity contribution in [1.29, 1.82) is 0 Å². The van der Waals surface area contributed by atoms with Gasteiger partial charge in [0.15, 0.2) is 0 Å². The van der Waals surface area contributed by atoms with E-state index in [1.807, 2.05) is 0 Å². The first-order chi connectivity index (χ1) is 9.42. The smallest absolute Gasteiger partial charge is 0.271 e. The van der Waals surface area contributed by atoms with Crippen molar-refractivity contribution in [2.75, 3.05) is 18.5 Å². The molecule has 0 saturated carbocycles. The minimum absolute atomic E-state index is 0.0658. The maximum atomic E-state index is 12.3. The average molecular weight is 279 g/mol. The lowest BCUT2D eigenvalue weighted by atomic mass is 9.90. The summed E-state index contributed by atoms with van der Waals surface area (Å²) in [5.74, 6) is -0.329. The van der Waals surface area contributed by atoms with Crippen molar-refractivity contribution in [1.82, 2.24) is 0 Å². The fraction of sp³-hybridized carbons (Fsp3) is 0.462. The monoisotopic (exact) mass is 279 g/mol. The lowest BCUT2D eigenvalue weighted by Crippen LogP contribution is -2.54. The summed E-state index contributed by atoms with van der Waals surface area (Å²) in [4.78, 5) is 22.5. The number of nitrogens with one attached hydrogen (secondary N) is 1. The Morgan fingerprint density at radius 3 is 2.70 bits per heavy atom. The Hall–Kier alpha value is -1.99. The summed E-state index contributed by atoms with van der Waals surface area (Å²) in [6, 6.07) is 4.34. The number of carbonyl (C=O) groups excluding carboxylic acids is 1. The van der Waals surface area contributed by atoms with Gasteiger partial charge in [0.1, 0.15) is 5.54 Å². The van der Waals surface area contributed by atoms with E-state index in [9.17, 15) is 14.9 Å². The SMILES string of the molecule is Cc1ccc([N+](=O)[O-])cc1NC(=O)C1(N)CCOCC1. The molecular weight excluding hydrogens is 262 g/mol. The molecule has 0 aliphatic carbocycles. The molecule has 7 nitrogen and oxygen atoms in total. The maximum absolute atomic E-state index is 12.3. The Bertz CT molecular complexity index is 538. The topological polar surface area (TPSA) is 107 Å². The molecule has 7 heteroatoms. The molecule has 1 aromatic rings. The van der Waals surface area contributed by atoms with E-state index in [4.69, 9.17) is 10.5 Å². The number of hydrogen-bond donors (Lipinski definition) is 2. The highest BCUT2D eigenvalue weighted by Crippen LogP contribution is 2.25. The van der Waals surface area contributed by atoms with Crippen LogP contribution in [0.5, 0.6) is 0 Å². The molecule has 1 aliphatic rings. The van der Waals surface area contributed by atoms with Gasteiger partial charge in [0.2, 0.25) is 5.91 Å². The molecule has 1 aromatic carbocycles. The van der Waals surface area contributed by atoms with Crippen molar-refractivity contribution in [2.24, 2.45) is 5.73 Å². The molecule has 2 rings (SSSR count). The molecule has 1 fully saturated rings. The lowest BCUT2D eigenvalue weighted by Gasteiger charge is -2.31. The minimum atomic E-state index is -0.977. The number of nitro benzene ring substituents is 1. The summed E-state index contributed by atoms with van der Waals surface area (Å²) >= 11 is 0. The van der Waals surface area contributed by atoms with Gasteiger partial charge in [-0.2, -0.15) is 0 Å². The van der Waals surface area contributed by atoms with Crippen LogP contribution in [0.3, 0.4) is 0 Å². The van der Waals surface area contributed by atoms with Crippen molar-refractivity contribution in [2.45, 2.75) is 25.3 Å². The first kappa shape index (κ1) is 14.4. The van der Waals surface area contributed by atoms with Gasteiger partial charge in [0.05, 0.1) is 10.6 Å². The maximum Gasteiger partial charge on any atom is 0.271 e. The van der Waals surface area contributed by atoms with Crippen LogP contribution in [-0.2, 0) is 9.53 Å². The van der Waals surface area contributed by atoms with Gasteiger partial charge in [0.25, 0.3) is 5.69 Å². The summed E-state index contributed by atoms with van der Waals surface area (Å²) in [6.45, 7) is 2.65. The van der Waals surface area contributed by atoms with Crippen LogP contribution in [0.15, 0.2) is 18.2 Å². The number of amides is 1. The number of carbonyl (C=O) groups is 1. The van der Waals surface area contributed by atoms with Crippen molar-refractivity contribution in [3.8, 4) is 0 Å². The predicted octanol–water partition coefficient (Wildman–Crippen LogP) is 1.35. The number of nitrogens with zero attached hydrogens (tertiary/aromatic N) is 1. The van der Waals surface area contributed by atoms with Crippen LogP contribution in [0.1, 0.15) is 18.4 Å². The number of rotatable bonds is 3. The fourth-order valence-corrected chi connectivity index (χ4v) is 2.07. The summed E-state index contributed by atoms with van der Waals surface area (Å²) in [5.41, 5.74) is 6.20. The quantitative estimate of drug-likeness (QED) is 0.641. The number of ether oxygens (including phenoxy) is 1. The molecule has 0 unspecified atom stereocenters. The van der Waals surface area contributed by atoms with Gasteiger partial charge < -0.3 is 15.8 Å². The molecule has 0 atom stereocenters. The molecule has 1 saturated heterocycles. The number of non-ortho nitro benzene ring substituents is 1. The highest BCUT2D eigenvalue weighted by atomic mass is 16.6. The van der Waals surface area contributed by atoms with Crippen LogP contribution < -0.4 is 11.1 Å². The summed E-state index contributed by atoms with van der Waals surface area (Å²) in [5, 5.41) is 13.5. The van der Waals surface area contributed by atoms with Gasteiger partial charge in [0, 0.05) is 25.3 Å². The highest BCUT2D eigenvalue weighted by molar-refractivity contribution is 5.98. The number of nitrogens with two attached hydrogens (primary N) is 1. The second-order valence-corrected chi connectivity index (χ2v) is 4.98. The zero-order valence-corrected chi connectivity index (χ0v) is 11.2. The molecule has 20 heavy (non-hydrogen) atoms. The van der Waals surface area contributed by atoms with E-state index in [2.05, 4.69) is 5.32 Å². The third-order valence-corrected chi connectivity index (χ3v) is 3.52. The Balaban J connectivity index is 2.18. The standard InChI is InChI=1S/C13H17N3O4/c1-9-2-3-10(16(18)19)8-11(9)15-12(17)13(14)4-6-20-7-5-13/h2-3,8H,4-7,14H2,1H3,(H,15,17). The largest absolute Gasteiger partial charge is 0.381 e. The summed E-state index contributed by atoms with van der Waals surface area (Å²) in [7, 11) is 0. The Kier molecular flexibility index (Phi) is 4.01. The number of nitro groups is 1. The zero-order chi connectivity index (χ0) is 14.8. The molecule has 108 valence electrons. The van der Waals surface area contributed by atoms with E-state index >= 15 is 0 Å². The van der Waals surface area contributed by atoms with E-state index in [0.717, 1.165) is 5.56 Å². The second kappa shape index (κ2) is 5.56. The minimum Gasteiger partial charge on any atom is -0.381 e. The molecule has 0 aromatic heterocycles. The van der Waals surface area contributed by atoms with Gasteiger partial charge in [-0.25, -0.2) is 0 Å². The van der Waals surface area contributed by atoms with E-state index in [1.165, 1.54) is 12.1 Å². The number of anilines is 1. The fourth-order valence-electron chi connectivity index (χ4n) is 2.07. The van der Waals surface area contributed by atoms with Crippen LogP contribution in [0.25, 0.3) is 0 Å². The second-order valence-electron chi connectivity index (χ2n) is 4.98. The van der Waals surface area contributed by atoms with Crippen LogP contribution in [0, 0.1) is 17.0 Å². The predicted molar refractivity (Wildman–Crippen MR) is 73.4 cm³/mol. The van der Waals surface area contributed by atoms with Crippen molar-refractivity contribution in [3.05, 3.63) is 33.9 Å². The highest BCUT2D eigenvalue weighted by Gasteiger charge is 2.36. The number of benzene rings is 1. The Morgan fingerprint density at radius 2 is 2.10 bits per heavy atom. The molecule has 3 N–H and O–H groups in total. The number of aryl methyl sites for hydroxylation is 1. The van der Waals surface area contributed by atoms with Crippen LogP contribution in [0.2, 0.25) is 0 Å². The van der Waals surface area contributed by atoms with Crippen LogP contribution in [0.4, 0.5) is 11.4 Å². The zero-order valence-electron chi connectivity index (χ0n) is 11.2. The average Bonchev–Trinajstić information content (AvgIpc) is 2.41. The van der Waals surface area contributed by atoms with Gasteiger partial charge >= 0.3 is 0 Å². The molecule has 0 spiro atoms. The van der Waals surface area contributed by atoms with Crippen LogP contribution in [-0.4, -0.2) is 29.6 Å². The first-order valence-corrected chi connectivity index (χ1v) is 6.35. The van der Waals surface area contributed by atoms with E-state index in [0.29, 0.717) is 31.7 Å². The Labute approximate surface area is 116 Å². The van der Waals surface area contributed by atoms with Crippen LogP contribution >= 0.6 is 0 Å². The third-order valence-electron chi connectivity index (χ3n) is 3.52. The van der Waals surface area contributed by atoms with Gasteiger partial charge in [-0.15, -0.1) is 0 Å². The van der Waals surface area contributed by atoms with Crippen molar-refractivity contribution >= 4 is 17.3 Å². The Morgan fingerprint density at radius 1 is 1.45 bits per heavy atom.